The standard InChI is InChI=1S/C24H26N2O3/c27-20-11-9-18(10-12-20)23(28)25-13-19-14-26(24(29)17-7-4-8-17)22(21(19)15-25)16-5-2-1-3-6-16/h1-3,5-6,9-12,17,19,21-22,27H,4,7-8,13-15H2/t19-,21-,22+/m0/s1. The van der Waals surface area contributed by atoms with E-state index in [4.69, 9.17) is 0 Å². The van der Waals surface area contributed by atoms with Gasteiger partial charge in [-0.2, -0.15) is 0 Å². The maximum Gasteiger partial charge on any atom is 0.253 e. The summed E-state index contributed by atoms with van der Waals surface area (Å²) in [6.45, 7) is 2.08. The number of fused-ring (bicyclic) bond motifs is 1. The molecule has 1 aliphatic carbocycles. The number of benzene rings is 2. The SMILES string of the molecule is O=C(c1ccc(O)cc1)N1C[C@H]2CN(C(=O)C3CCC3)[C@H](c3ccccc3)[C@H]2C1. The lowest BCUT2D eigenvalue weighted by molar-refractivity contribution is -0.139. The third-order valence-corrected chi connectivity index (χ3v) is 6.94. The number of rotatable bonds is 3. The molecule has 2 aromatic carbocycles. The Hall–Kier alpha value is -2.82. The van der Waals surface area contributed by atoms with Gasteiger partial charge in [0.15, 0.2) is 0 Å². The Labute approximate surface area is 170 Å². The molecule has 3 aliphatic rings. The first-order valence-electron chi connectivity index (χ1n) is 10.6. The minimum Gasteiger partial charge on any atom is -0.508 e. The largest absolute Gasteiger partial charge is 0.508 e. The first kappa shape index (κ1) is 18.2. The average Bonchev–Trinajstić information content (AvgIpc) is 3.25. The van der Waals surface area contributed by atoms with Crippen molar-refractivity contribution in [1.82, 2.24) is 9.80 Å². The number of hydrogen-bond acceptors (Lipinski definition) is 3. The zero-order chi connectivity index (χ0) is 20.0. The summed E-state index contributed by atoms with van der Waals surface area (Å²) in [6.07, 6.45) is 3.18. The van der Waals surface area contributed by atoms with Gasteiger partial charge in [0.25, 0.3) is 5.91 Å². The van der Waals surface area contributed by atoms with Crippen LogP contribution in [0.15, 0.2) is 54.6 Å². The highest BCUT2D eigenvalue weighted by atomic mass is 16.3. The van der Waals surface area contributed by atoms with Crippen molar-refractivity contribution in [3.8, 4) is 5.75 Å². The van der Waals surface area contributed by atoms with Crippen LogP contribution in [0.25, 0.3) is 0 Å². The first-order valence-corrected chi connectivity index (χ1v) is 10.6. The molecule has 1 N–H and O–H groups in total. The second-order valence-electron chi connectivity index (χ2n) is 8.65. The molecule has 1 saturated carbocycles. The van der Waals surface area contributed by atoms with Crippen LogP contribution in [0.1, 0.15) is 41.2 Å². The van der Waals surface area contributed by atoms with E-state index in [1.54, 1.807) is 24.3 Å². The van der Waals surface area contributed by atoms with Crippen molar-refractivity contribution in [2.24, 2.45) is 17.8 Å². The highest BCUT2D eigenvalue weighted by molar-refractivity contribution is 5.94. The highest BCUT2D eigenvalue weighted by Crippen LogP contribution is 2.47. The van der Waals surface area contributed by atoms with Crippen LogP contribution in [0.5, 0.6) is 5.75 Å². The van der Waals surface area contributed by atoms with E-state index < -0.39 is 0 Å². The summed E-state index contributed by atoms with van der Waals surface area (Å²) in [5.41, 5.74) is 1.77. The van der Waals surface area contributed by atoms with Crippen molar-refractivity contribution in [1.29, 1.82) is 0 Å². The van der Waals surface area contributed by atoms with E-state index in [2.05, 4.69) is 17.0 Å². The van der Waals surface area contributed by atoms with Crippen LogP contribution in [0, 0.1) is 17.8 Å². The van der Waals surface area contributed by atoms with Crippen LogP contribution in [0.2, 0.25) is 0 Å². The van der Waals surface area contributed by atoms with E-state index in [-0.39, 0.29) is 29.5 Å². The first-order chi connectivity index (χ1) is 14.1. The van der Waals surface area contributed by atoms with Crippen LogP contribution < -0.4 is 0 Å². The summed E-state index contributed by atoms with van der Waals surface area (Å²) < 4.78 is 0. The molecule has 0 bridgehead atoms. The predicted molar refractivity (Wildman–Crippen MR) is 109 cm³/mol. The van der Waals surface area contributed by atoms with Crippen LogP contribution in [-0.4, -0.2) is 46.4 Å². The number of nitrogens with zero attached hydrogens (tertiary/aromatic N) is 2. The predicted octanol–water partition coefficient (Wildman–Crippen LogP) is 3.46. The van der Waals surface area contributed by atoms with Crippen LogP contribution in [0.4, 0.5) is 0 Å². The van der Waals surface area contributed by atoms with Crippen molar-refractivity contribution >= 4 is 11.8 Å². The minimum atomic E-state index is 0.00285. The summed E-state index contributed by atoms with van der Waals surface area (Å²) >= 11 is 0. The molecule has 5 heteroatoms. The van der Waals surface area contributed by atoms with Crippen LogP contribution in [-0.2, 0) is 4.79 Å². The molecule has 2 aromatic rings. The van der Waals surface area contributed by atoms with E-state index in [0.29, 0.717) is 30.5 Å². The lowest BCUT2D eigenvalue weighted by Crippen LogP contribution is -2.41. The molecule has 5 nitrogen and oxygen atoms in total. The maximum atomic E-state index is 13.1. The molecule has 29 heavy (non-hydrogen) atoms. The molecule has 150 valence electrons. The Morgan fingerprint density at radius 3 is 2.28 bits per heavy atom. The van der Waals surface area contributed by atoms with Crippen molar-refractivity contribution in [3.63, 3.8) is 0 Å². The fraction of sp³-hybridized carbons (Fsp3) is 0.417. The number of phenolic OH excluding ortho intramolecular Hbond substituents is 1. The van der Waals surface area contributed by atoms with Gasteiger partial charge in [-0.25, -0.2) is 0 Å². The molecule has 5 rings (SSSR count). The number of carbonyl (C=O) groups is 2. The highest BCUT2D eigenvalue weighted by Gasteiger charge is 2.51. The Morgan fingerprint density at radius 1 is 0.897 bits per heavy atom. The molecule has 0 aromatic heterocycles. The summed E-state index contributed by atoms with van der Waals surface area (Å²) in [4.78, 5) is 30.1. The average molecular weight is 390 g/mol. The number of hydrogen-bond donors (Lipinski definition) is 1. The maximum absolute atomic E-state index is 13.1. The van der Waals surface area contributed by atoms with Crippen LogP contribution in [0.3, 0.4) is 0 Å². The number of likely N-dealkylation sites (tertiary alicyclic amines) is 2. The molecule has 2 heterocycles. The van der Waals surface area contributed by atoms with Gasteiger partial charge in [0, 0.05) is 43.0 Å². The monoisotopic (exact) mass is 390 g/mol. The fourth-order valence-corrected chi connectivity index (χ4v) is 5.19. The van der Waals surface area contributed by atoms with Crippen LogP contribution >= 0.6 is 0 Å². The molecular formula is C24H26N2O3. The molecular weight excluding hydrogens is 364 g/mol. The van der Waals surface area contributed by atoms with E-state index in [1.807, 2.05) is 23.1 Å². The third kappa shape index (κ3) is 3.18. The molecule has 2 amide bonds. The van der Waals surface area contributed by atoms with Gasteiger partial charge in [-0.05, 0) is 42.7 Å². The van der Waals surface area contributed by atoms with Gasteiger partial charge in [-0.3, -0.25) is 9.59 Å². The van der Waals surface area contributed by atoms with Gasteiger partial charge >= 0.3 is 0 Å². The summed E-state index contributed by atoms with van der Waals surface area (Å²) in [5.74, 6) is 1.23. The van der Waals surface area contributed by atoms with E-state index in [0.717, 1.165) is 25.8 Å². The van der Waals surface area contributed by atoms with Gasteiger partial charge in [0.2, 0.25) is 5.91 Å². The van der Waals surface area contributed by atoms with Crippen molar-refractivity contribution in [3.05, 3.63) is 65.7 Å². The number of amides is 2. The van der Waals surface area contributed by atoms with Crippen molar-refractivity contribution in [2.75, 3.05) is 19.6 Å². The van der Waals surface area contributed by atoms with E-state index >= 15 is 0 Å². The quantitative estimate of drug-likeness (QED) is 0.873. The van der Waals surface area contributed by atoms with Gasteiger partial charge in [-0.15, -0.1) is 0 Å². The lowest BCUT2D eigenvalue weighted by Gasteiger charge is -2.35. The zero-order valence-electron chi connectivity index (χ0n) is 16.4. The molecule has 0 unspecified atom stereocenters. The topological polar surface area (TPSA) is 60.9 Å². The van der Waals surface area contributed by atoms with Crippen molar-refractivity contribution < 1.29 is 14.7 Å². The zero-order valence-corrected chi connectivity index (χ0v) is 16.4. The fourth-order valence-electron chi connectivity index (χ4n) is 5.19. The Kier molecular flexibility index (Phi) is 4.53. The molecule has 3 fully saturated rings. The minimum absolute atomic E-state index is 0.00285. The Morgan fingerprint density at radius 2 is 1.62 bits per heavy atom. The lowest BCUT2D eigenvalue weighted by atomic mass is 9.83. The summed E-state index contributed by atoms with van der Waals surface area (Å²) in [5, 5.41) is 9.48. The molecule has 2 aliphatic heterocycles. The van der Waals surface area contributed by atoms with E-state index in [9.17, 15) is 14.7 Å². The number of phenols is 1. The normalized spacial score (nSPS) is 26.3. The number of aromatic hydroxyl groups is 1. The third-order valence-electron chi connectivity index (χ3n) is 6.94. The van der Waals surface area contributed by atoms with Gasteiger partial charge in [0.05, 0.1) is 6.04 Å². The van der Waals surface area contributed by atoms with Gasteiger partial charge in [0.1, 0.15) is 5.75 Å². The number of carbonyl (C=O) groups excluding carboxylic acids is 2. The molecule has 3 atom stereocenters. The van der Waals surface area contributed by atoms with Crippen molar-refractivity contribution in [2.45, 2.75) is 25.3 Å². The van der Waals surface area contributed by atoms with Gasteiger partial charge < -0.3 is 14.9 Å². The summed E-state index contributed by atoms with van der Waals surface area (Å²) in [6, 6.07) is 16.8. The van der Waals surface area contributed by atoms with Gasteiger partial charge in [-0.1, -0.05) is 36.8 Å². The molecule has 2 saturated heterocycles. The summed E-state index contributed by atoms with van der Waals surface area (Å²) in [7, 11) is 0. The van der Waals surface area contributed by atoms with E-state index in [1.165, 1.54) is 5.56 Å². The molecule has 0 radical (unpaired) electrons. The smallest absolute Gasteiger partial charge is 0.253 e. The Balaban J connectivity index is 1.39. The molecule has 0 spiro atoms. The second-order valence-corrected chi connectivity index (χ2v) is 8.65. The second kappa shape index (κ2) is 7.21. The Bertz CT molecular complexity index is 907.